The zero-order chi connectivity index (χ0) is 14.9. The molecule has 0 spiro atoms. The van der Waals surface area contributed by atoms with E-state index in [0.29, 0.717) is 0 Å². The van der Waals surface area contributed by atoms with Crippen LogP contribution in [-0.2, 0) is 14.8 Å². The molecule has 0 unspecified atom stereocenters. The van der Waals surface area contributed by atoms with Gasteiger partial charge in [0.15, 0.2) is 0 Å². The molecule has 7 nitrogen and oxygen atoms in total. The van der Waals surface area contributed by atoms with Crippen molar-refractivity contribution in [3.63, 3.8) is 0 Å². The van der Waals surface area contributed by atoms with E-state index in [1.165, 1.54) is 16.4 Å². The van der Waals surface area contributed by atoms with E-state index in [-0.39, 0.29) is 41.4 Å². The van der Waals surface area contributed by atoms with Gasteiger partial charge in [-0.25, -0.2) is 8.42 Å². The predicted octanol–water partition coefficient (Wildman–Crippen LogP) is 1.66. The Morgan fingerprint density at radius 1 is 1.50 bits per heavy atom. The van der Waals surface area contributed by atoms with Crippen molar-refractivity contribution in [2.45, 2.75) is 17.9 Å². The number of sulfonamides is 1. The van der Waals surface area contributed by atoms with Gasteiger partial charge in [-0.15, -0.1) is 0 Å². The molecule has 9 heteroatoms. The van der Waals surface area contributed by atoms with E-state index in [1.807, 2.05) is 0 Å². The zero-order valence-corrected chi connectivity index (χ0v) is 12.2. The van der Waals surface area contributed by atoms with Gasteiger partial charge in [0.25, 0.3) is 5.69 Å². The number of ether oxygens (including phenoxy) is 1. The molecule has 1 aliphatic rings. The van der Waals surface area contributed by atoms with Crippen LogP contribution in [-0.4, -0.2) is 43.4 Å². The number of nitrogens with zero attached hydrogens (tertiary/aromatic N) is 2. The Hall–Kier alpha value is -1.22. The van der Waals surface area contributed by atoms with Crippen molar-refractivity contribution >= 4 is 27.3 Å². The Balaban J connectivity index is 2.48. The number of non-ortho nitro benzene ring substituents is 1. The number of nitro groups is 1. The smallest absolute Gasteiger partial charge is 0.270 e. The average Bonchev–Trinajstić information content (AvgIpc) is 2.39. The maximum atomic E-state index is 12.6. The SMILES string of the molecule is C[C@@H]1COCCN1S(=O)(=O)c1cc([N+](=O)[O-])ccc1Cl. The van der Waals surface area contributed by atoms with Gasteiger partial charge in [-0.3, -0.25) is 10.1 Å². The van der Waals surface area contributed by atoms with E-state index in [0.717, 1.165) is 6.07 Å². The van der Waals surface area contributed by atoms with Gasteiger partial charge in [0.1, 0.15) is 4.90 Å². The highest BCUT2D eigenvalue weighted by molar-refractivity contribution is 7.89. The van der Waals surface area contributed by atoms with Crippen LogP contribution in [0.4, 0.5) is 5.69 Å². The molecule has 0 aromatic heterocycles. The first-order valence-corrected chi connectivity index (χ1v) is 7.69. The van der Waals surface area contributed by atoms with Crippen LogP contribution < -0.4 is 0 Å². The highest BCUT2D eigenvalue weighted by Gasteiger charge is 2.33. The lowest BCUT2D eigenvalue weighted by molar-refractivity contribution is -0.385. The molecule has 0 bridgehead atoms. The Bertz CT molecular complexity index is 634. The molecule has 0 amide bonds. The van der Waals surface area contributed by atoms with Gasteiger partial charge < -0.3 is 4.74 Å². The van der Waals surface area contributed by atoms with Gasteiger partial charge >= 0.3 is 0 Å². The number of nitro benzene ring substituents is 1. The summed E-state index contributed by atoms with van der Waals surface area (Å²) in [6, 6.07) is 3.03. The van der Waals surface area contributed by atoms with Crippen LogP contribution in [0.3, 0.4) is 0 Å². The van der Waals surface area contributed by atoms with Crippen LogP contribution in [0.5, 0.6) is 0 Å². The van der Waals surface area contributed by atoms with E-state index >= 15 is 0 Å². The molecule has 1 saturated heterocycles. The molecule has 1 fully saturated rings. The number of benzene rings is 1. The summed E-state index contributed by atoms with van der Waals surface area (Å²) >= 11 is 5.89. The molecule has 0 saturated carbocycles. The van der Waals surface area contributed by atoms with Crippen molar-refractivity contribution < 1.29 is 18.1 Å². The summed E-state index contributed by atoms with van der Waals surface area (Å²) in [7, 11) is -3.88. The van der Waals surface area contributed by atoms with Crippen LogP contribution in [0.1, 0.15) is 6.92 Å². The number of hydrogen-bond acceptors (Lipinski definition) is 5. The van der Waals surface area contributed by atoms with Crippen LogP contribution >= 0.6 is 11.6 Å². The van der Waals surface area contributed by atoms with Gasteiger partial charge in [0.2, 0.25) is 10.0 Å². The first-order chi connectivity index (χ1) is 9.34. The lowest BCUT2D eigenvalue weighted by Gasteiger charge is -2.32. The van der Waals surface area contributed by atoms with Crippen molar-refractivity contribution in [1.82, 2.24) is 4.31 Å². The molecule has 1 atom stereocenters. The van der Waals surface area contributed by atoms with E-state index < -0.39 is 14.9 Å². The quantitative estimate of drug-likeness (QED) is 0.624. The third-order valence-corrected chi connectivity index (χ3v) is 5.51. The molecule has 1 aliphatic heterocycles. The average molecular weight is 321 g/mol. The molecule has 1 heterocycles. The van der Waals surface area contributed by atoms with E-state index in [2.05, 4.69) is 0 Å². The fourth-order valence-electron chi connectivity index (χ4n) is 2.00. The van der Waals surface area contributed by atoms with Crippen LogP contribution in [0, 0.1) is 10.1 Å². The van der Waals surface area contributed by atoms with Gasteiger partial charge in [0, 0.05) is 24.7 Å². The van der Waals surface area contributed by atoms with Crippen molar-refractivity contribution in [2.24, 2.45) is 0 Å². The van der Waals surface area contributed by atoms with E-state index in [1.54, 1.807) is 6.92 Å². The standard InChI is InChI=1S/C11H13ClN2O5S/c1-8-7-19-5-4-13(8)20(17,18)11-6-9(14(15)16)2-3-10(11)12/h2-3,6,8H,4-5,7H2,1H3/t8-/m1/s1. The minimum absolute atomic E-state index is 0.0331. The summed E-state index contributed by atoms with van der Waals surface area (Å²) in [6.45, 7) is 2.48. The normalized spacial score (nSPS) is 20.8. The minimum atomic E-state index is -3.88. The summed E-state index contributed by atoms with van der Waals surface area (Å²) < 4.78 is 31.6. The molecule has 1 aromatic rings. The molecule has 0 N–H and O–H groups in total. The Morgan fingerprint density at radius 3 is 2.80 bits per heavy atom. The maximum absolute atomic E-state index is 12.6. The highest BCUT2D eigenvalue weighted by atomic mass is 35.5. The van der Waals surface area contributed by atoms with Crippen molar-refractivity contribution in [3.8, 4) is 0 Å². The van der Waals surface area contributed by atoms with E-state index in [4.69, 9.17) is 16.3 Å². The van der Waals surface area contributed by atoms with Crippen LogP contribution in [0.25, 0.3) is 0 Å². The minimum Gasteiger partial charge on any atom is -0.378 e. The fourth-order valence-corrected chi connectivity index (χ4v) is 4.09. The zero-order valence-electron chi connectivity index (χ0n) is 10.7. The molecule has 2 rings (SSSR count). The number of halogens is 1. The third kappa shape index (κ3) is 2.78. The van der Waals surface area contributed by atoms with Gasteiger partial charge in [-0.2, -0.15) is 4.31 Å². The van der Waals surface area contributed by atoms with Crippen molar-refractivity contribution in [3.05, 3.63) is 33.3 Å². The Morgan fingerprint density at radius 2 is 2.20 bits per heavy atom. The number of rotatable bonds is 3. The topological polar surface area (TPSA) is 89.8 Å². The lowest BCUT2D eigenvalue weighted by Crippen LogP contribution is -2.47. The Kier molecular flexibility index (Phi) is 4.28. The second-order valence-electron chi connectivity index (χ2n) is 4.41. The fraction of sp³-hybridized carbons (Fsp3) is 0.455. The molecular formula is C11H13ClN2O5S. The predicted molar refractivity (Wildman–Crippen MR) is 72.3 cm³/mol. The van der Waals surface area contributed by atoms with E-state index in [9.17, 15) is 18.5 Å². The second kappa shape index (κ2) is 5.65. The molecule has 0 aliphatic carbocycles. The first kappa shape index (κ1) is 15.2. The van der Waals surface area contributed by atoms with Gasteiger partial charge in [-0.05, 0) is 13.0 Å². The van der Waals surface area contributed by atoms with Crippen LogP contribution in [0.15, 0.2) is 23.1 Å². The summed E-state index contributed by atoms with van der Waals surface area (Å²) in [5.41, 5.74) is -0.311. The van der Waals surface area contributed by atoms with Gasteiger partial charge in [0.05, 0.1) is 23.2 Å². The van der Waals surface area contributed by atoms with Crippen LogP contribution in [0.2, 0.25) is 5.02 Å². The molecule has 20 heavy (non-hydrogen) atoms. The highest BCUT2D eigenvalue weighted by Crippen LogP contribution is 2.30. The monoisotopic (exact) mass is 320 g/mol. The second-order valence-corrected chi connectivity index (χ2v) is 6.68. The molecule has 0 radical (unpaired) electrons. The largest absolute Gasteiger partial charge is 0.378 e. The maximum Gasteiger partial charge on any atom is 0.270 e. The number of hydrogen-bond donors (Lipinski definition) is 0. The molecule has 110 valence electrons. The van der Waals surface area contributed by atoms with Crippen molar-refractivity contribution in [1.29, 1.82) is 0 Å². The lowest BCUT2D eigenvalue weighted by atomic mass is 10.3. The molecular weight excluding hydrogens is 308 g/mol. The third-order valence-electron chi connectivity index (χ3n) is 3.02. The summed E-state index contributed by atoms with van der Waals surface area (Å²) in [5.74, 6) is 0. The summed E-state index contributed by atoms with van der Waals surface area (Å²) in [5, 5.41) is 10.7. The van der Waals surface area contributed by atoms with Gasteiger partial charge in [-0.1, -0.05) is 11.6 Å². The van der Waals surface area contributed by atoms with Crippen molar-refractivity contribution in [2.75, 3.05) is 19.8 Å². The first-order valence-electron chi connectivity index (χ1n) is 5.87. The summed E-state index contributed by atoms with van der Waals surface area (Å²) in [4.78, 5) is 9.86. The summed E-state index contributed by atoms with van der Waals surface area (Å²) in [6.07, 6.45) is 0. The molecule has 1 aromatic carbocycles. The number of morpholine rings is 1. The Labute approximate surface area is 121 Å².